The summed E-state index contributed by atoms with van der Waals surface area (Å²) in [7, 11) is 0. The van der Waals surface area contributed by atoms with Crippen LogP contribution in [-0.2, 0) is 6.54 Å². The molecule has 0 amide bonds. The maximum absolute atomic E-state index is 10.00. The molecule has 0 radical (unpaired) electrons. The fraction of sp³-hybridized carbons (Fsp3) is 0.250. The molecule has 0 aromatic heterocycles. The van der Waals surface area contributed by atoms with Gasteiger partial charge in [-0.1, -0.05) is 54.1 Å². The minimum absolute atomic E-state index is 0.404. The van der Waals surface area contributed by atoms with Gasteiger partial charge < -0.3 is 10.4 Å². The van der Waals surface area contributed by atoms with E-state index in [1.807, 2.05) is 54.6 Å². The van der Waals surface area contributed by atoms with Crippen LogP contribution in [0.25, 0.3) is 0 Å². The van der Waals surface area contributed by atoms with Crippen LogP contribution < -0.4 is 5.32 Å². The van der Waals surface area contributed by atoms with Crippen LogP contribution in [0.15, 0.2) is 54.6 Å². The van der Waals surface area contributed by atoms with Gasteiger partial charge in [0.05, 0.1) is 6.10 Å². The molecule has 1 unspecified atom stereocenters. The Morgan fingerprint density at radius 1 is 1.00 bits per heavy atom. The van der Waals surface area contributed by atoms with Gasteiger partial charge in [0.1, 0.15) is 0 Å². The van der Waals surface area contributed by atoms with Crippen molar-refractivity contribution < 1.29 is 5.11 Å². The van der Waals surface area contributed by atoms with Crippen molar-refractivity contribution in [3.05, 3.63) is 70.7 Å². The van der Waals surface area contributed by atoms with Crippen molar-refractivity contribution >= 4 is 11.6 Å². The normalized spacial score (nSPS) is 12.3. The van der Waals surface area contributed by atoms with Crippen LogP contribution in [0.2, 0.25) is 5.02 Å². The fourth-order valence-electron chi connectivity index (χ4n) is 1.92. The van der Waals surface area contributed by atoms with Gasteiger partial charge in [-0.2, -0.15) is 0 Å². The smallest absolute Gasteiger partial charge is 0.0802 e. The molecule has 0 aliphatic heterocycles. The third-order valence-electron chi connectivity index (χ3n) is 3.02. The maximum Gasteiger partial charge on any atom is 0.0802 e. The largest absolute Gasteiger partial charge is 0.388 e. The number of hydrogen-bond acceptors (Lipinski definition) is 2. The van der Waals surface area contributed by atoms with E-state index in [0.29, 0.717) is 6.42 Å². The van der Waals surface area contributed by atoms with Gasteiger partial charge in [0, 0.05) is 11.6 Å². The lowest BCUT2D eigenvalue weighted by Gasteiger charge is -2.11. The summed E-state index contributed by atoms with van der Waals surface area (Å²) in [5, 5.41) is 14.1. The van der Waals surface area contributed by atoms with Crippen LogP contribution in [0.4, 0.5) is 0 Å². The Morgan fingerprint density at radius 3 is 2.37 bits per heavy atom. The first-order valence-electron chi connectivity index (χ1n) is 6.44. The lowest BCUT2D eigenvalue weighted by molar-refractivity contribution is 0.167. The van der Waals surface area contributed by atoms with Crippen LogP contribution in [0.5, 0.6) is 0 Å². The summed E-state index contributed by atoms with van der Waals surface area (Å²) in [6, 6.07) is 17.5. The van der Waals surface area contributed by atoms with E-state index in [-0.39, 0.29) is 0 Å². The molecule has 2 aromatic carbocycles. The second-order valence-corrected chi connectivity index (χ2v) is 4.95. The first-order chi connectivity index (χ1) is 9.25. The van der Waals surface area contributed by atoms with Gasteiger partial charge in [-0.25, -0.2) is 0 Å². The number of aliphatic hydroxyl groups excluding tert-OH is 1. The first kappa shape index (κ1) is 14.1. The summed E-state index contributed by atoms with van der Waals surface area (Å²) in [5.74, 6) is 0. The monoisotopic (exact) mass is 275 g/mol. The molecule has 3 heteroatoms. The van der Waals surface area contributed by atoms with Crippen molar-refractivity contribution in [2.75, 3.05) is 6.54 Å². The SMILES string of the molecule is OC(CCNCc1ccc(Cl)cc1)c1ccccc1. The van der Waals surface area contributed by atoms with E-state index < -0.39 is 6.10 Å². The number of rotatable bonds is 6. The Morgan fingerprint density at radius 2 is 1.68 bits per heavy atom. The Hall–Kier alpha value is -1.35. The predicted octanol–water partition coefficient (Wildman–Crippen LogP) is 3.55. The van der Waals surface area contributed by atoms with Gasteiger partial charge in [0.15, 0.2) is 0 Å². The second kappa shape index (κ2) is 7.29. The molecule has 2 N–H and O–H groups in total. The highest BCUT2D eigenvalue weighted by molar-refractivity contribution is 6.30. The van der Waals surface area contributed by atoms with Crippen LogP contribution in [0.1, 0.15) is 23.7 Å². The quantitative estimate of drug-likeness (QED) is 0.790. The van der Waals surface area contributed by atoms with Crippen LogP contribution in [0, 0.1) is 0 Å². The van der Waals surface area contributed by atoms with E-state index in [0.717, 1.165) is 23.7 Å². The molecule has 0 bridgehead atoms. The standard InChI is InChI=1S/C16H18ClNO/c17-15-8-6-13(7-9-15)12-18-11-10-16(19)14-4-2-1-3-5-14/h1-9,16,18-19H,10-12H2. The highest BCUT2D eigenvalue weighted by Crippen LogP contribution is 2.15. The molecule has 0 fully saturated rings. The van der Waals surface area contributed by atoms with Crippen molar-refractivity contribution in [3.8, 4) is 0 Å². The second-order valence-electron chi connectivity index (χ2n) is 4.52. The average Bonchev–Trinajstić information content (AvgIpc) is 2.46. The third-order valence-corrected chi connectivity index (χ3v) is 3.27. The van der Waals surface area contributed by atoms with Gasteiger partial charge >= 0.3 is 0 Å². The highest BCUT2D eigenvalue weighted by Gasteiger charge is 2.05. The van der Waals surface area contributed by atoms with E-state index in [9.17, 15) is 5.11 Å². The van der Waals surface area contributed by atoms with E-state index >= 15 is 0 Å². The Balaban J connectivity index is 1.71. The Bertz CT molecular complexity index is 484. The number of benzene rings is 2. The highest BCUT2D eigenvalue weighted by atomic mass is 35.5. The number of nitrogens with one attached hydrogen (secondary N) is 1. The van der Waals surface area contributed by atoms with Gasteiger partial charge in [0.2, 0.25) is 0 Å². The minimum Gasteiger partial charge on any atom is -0.388 e. The Kier molecular flexibility index (Phi) is 5.40. The lowest BCUT2D eigenvalue weighted by atomic mass is 10.1. The van der Waals surface area contributed by atoms with Gasteiger partial charge in [0.25, 0.3) is 0 Å². The molecule has 1 atom stereocenters. The first-order valence-corrected chi connectivity index (χ1v) is 6.81. The Labute approximate surface area is 119 Å². The zero-order valence-electron chi connectivity index (χ0n) is 10.7. The van der Waals surface area contributed by atoms with Crippen molar-refractivity contribution in [2.45, 2.75) is 19.1 Å². The minimum atomic E-state index is -0.404. The van der Waals surface area contributed by atoms with E-state index in [1.54, 1.807) is 0 Å². The average molecular weight is 276 g/mol. The van der Waals surface area contributed by atoms with Crippen LogP contribution in [-0.4, -0.2) is 11.7 Å². The molecule has 0 heterocycles. The summed E-state index contributed by atoms with van der Waals surface area (Å²) in [6.07, 6.45) is 0.302. The summed E-state index contributed by atoms with van der Waals surface area (Å²) < 4.78 is 0. The zero-order valence-corrected chi connectivity index (χ0v) is 11.5. The third kappa shape index (κ3) is 4.67. The molecule has 0 aliphatic rings. The topological polar surface area (TPSA) is 32.3 Å². The molecule has 0 spiro atoms. The van der Waals surface area contributed by atoms with Gasteiger partial charge in [-0.3, -0.25) is 0 Å². The molecule has 2 nitrogen and oxygen atoms in total. The van der Waals surface area contributed by atoms with Crippen molar-refractivity contribution in [2.24, 2.45) is 0 Å². The number of aliphatic hydroxyl groups is 1. The summed E-state index contributed by atoms with van der Waals surface area (Å²) in [5.41, 5.74) is 2.16. The van der Waals surface area contributed by atoms with Crippen molar-refractivity contribution in [1.29, 1.82) is 0 Å². The van der Waals surface area contributed by atoms with Crippen LogP contribution in [0.3, 0.4) is 0 Å². The van der Waals surface area contributed by atoms with E-state index in [4.69, 9.17) is 11.6 Å². The molecular formula is C16H18ClNO. The molecule has 2 rings (SSSR count). The van der Waals surface area contributed by atoms with Crippen LogP contribution >= 0.6 is 11.6 Å². The molecule has 100 valence electrons. The molecule has 2 aromatic rings. The van der Waals surface area contributed by atoms with E-state index in [1.165, 1.54) is 5.56 Å². The molecular weight excluding hydrogens is 258 g/mol. The maximum atomic E-state index is 10.00. The van der Waals surface area contributed by atoms with Crippen molar-refractivity contribution in [3.63, 3.8) is 0 Å². The van der Waals surface area contributed by atoms with Gasteiger partial charge in [-0.05, 0) is 36.2 Å². The molecule has 0 saturated carbocycles. The number of halogens is 1. The number of hydrogen-bond donors (Lipinski definition) is 2. The molecule has 0 saturated heterocycles. The molecule has 19 heavy (non-hydrogen) atoms. The van der Waals surface area contributed by atoms with Gasteiger partial charge in [-0.15, -0.1) is 0 Å². The lowest BCUT2D eigenvalue weighted by Crippen LogP contribution is -2.17. The predicted molar refractivity (Wildman–Crippen MR) is 79.2 cm³/mol. The summed E-state index contributed by atoms with van der Waals surface area (Å²) in [6.45, 7) is 1.57. The zero-order chi connectivity index (χ0) is 13.5. The van der Waals surface area contributed by atoms with E-state index in [2.05, 4.69) is 5.32 Å². The molecule has 0 aliphatic carbocycles. The van der Waals surface area contributed by atoms with Crippen molar-refractivity contribution in [1.82, 2.24) is 5.32 Å². The fourth-order valence-corrected chi connectivity index (χ4v) is 2.04. The summed E-state index contributed by atoms with van der Waals surface area (Å²) in [4.78, 5) is 0. The summed E-state index contributed by atoms with van der Waals surface area (Å²) >= 11 is 5.83.